The van der Waals surface area contributed by atoms with E-state index in [1.165, 1.54) is 23.2 Å². The molecule has 1 aromatic heterocycles. The second-order valence-electron chi connectivity index (χ2n) is 8.39. The summed E-state index contributed by atoms with van der Waals surface area (Å²) in [7, 11) is 0. The van der Waals surface area contributed by atoms with Gasteiger partial charge in [-0.3, -0.25) is 0 Å². The lowest BCUT2D eigenvalue weighted by Gasteiger charge is -2.37. The highest BCUT2D eigenvalue weighted by molar-refractivity contribution is 7.80. The van der Waals surface area contributed by atoms with E-state index in [1.54, 1.807) is 0 Å². The first-order chi connectivity index (χ1) is 14.6. The molecule has 6 heteroatoms. The molecule has 1 aromatic carbocycles. The number of fused-ring (bicyclic) bond motifs is 1. The summed E-state index contributed by atoms with van der Waals surface area (Å²) in [6, 6.07) is 12.9. The Bertz CT molecular complexity index is 956. The van der Waals surface area contributed by atoms with Gasteiger partial charge in [0.2, 0.25) is 0 Å². The number of nitrogens with zero attached hydrogens (tertiary/aromatic N) is 4. The van der Waals surface area contributed by atoms with Crippen LogP contribution in [0, 0.1) is 11.3 Å². The SMILES string of the molecule is CC(C)c1nc(NC(=S)N2CCN(c3ccccc3)CC2)c(C#N)c2c1CCCC2. The van der Waals surface area contributed by atoms with Gasteiger partial charge >= 0.3 is 0 Å². The number of benzene rings is 1. The number of para-hydroxylation sites is 1. The molecule has 0 radical (unpaired) electrons. The molecule has 4 rings (SSSR count). The molecule has 0 bridgehead atoms. The number of rotatable bonds is 3. The molecule has 0 atom stereocenters. The van der Waals surface area contributed by atoms with Crippen LogP contribution in [0.5, 0.6) is 0 Å². The minimum Gasteiger partial charge on any atom is -0.368 e. The molecule has 0 amide bonds. The Hall–Kier alpha value is -2.65. The van der Waals surface area contributed by atoms with Crippen molar-refractivity contribution in [3.05, 3.63) is 52.7 Å². The van der Waals surface area contributed by atoms with Crippen molar-refractivity contribution >= 4 is 28.8 Å². The largest absolute Gasteiger partial charge is 0.368 e. The number of nitriles is 1. The Morgan fingerprint density at radius 1 is 1.07 bits per heavy atom. The molecule has 5 nitrogen and oxygen atoms in total. The first kappa shape index (κ1) is 20.6. The molecule has 0 saturated carbocycles. The number of aromatic nitrogens is 1. The number of nitrogens with one attached hydrogen (secondary N) is 1. The maximum absolute atomic E-state index is 9.89. The summed E-state index contributed by atoms with van der Waals surface area (Å²) in [4.78, 5) is 9.46. The van der Waals surface area contributed by atoms with Gasteiger partial charge in [0.25, 0.3) is 0 Å². The van der Waals surface area contributed by atoms with Gasteiger partial charge in [-0.05, 0) is 67.1 Å². The van der Waals surface area contributed by atoms with Crippen LogP contribution in [-0.4, -0.2) is 41.2 Å². The molecule has 0 unspecified atom stereocenters. The van der Waals surface area contributed by atoms with Gasteiger partial charge in [0.05, 0.1) is 5.56 Å². The lowest BCUT2D eigenvalue weighted by atomic mass is 9.85. The monoisotopic (exact) mass is 419 g/mol. The first-order valence-electron chi connectivity index (χ1n) is 10.9. The Labute approximate surface area is 184 Å². The predicted molar refractivity (Wildman–Crippen MR) is 126 cm³/mol. The molecule has 1 aliphatic heterocycles. The van der Waals surface area contributed by atoms with E-state index < -0.39 is 0 Å². The average molecular weight is 420 g/mol. The van der Waals surface area contributed by atoms with Crippen LogP contribution in [-0.2, 0) is 12.8 Å². The van der Waals surface area contributed by atoms with E-state index in [0.29, 0.717) is 22.4 Å². The van der Waals surface area contributed by atoms with E-state index in [-0.39, 0.29) is 0 Å². The molecule has 1 aliphatic carbocycles. The second kappa shape index (κ2) is 9.01. The molecule has 1 N–H and O–H groups in total. The van der Waals surface area contributed by atoms with Crippen LogP contribution in [0.15, 0.2) is 30.3 Å². The zero-order valence-electron chi connectivity index (χ0n) is 17.8. The van der Waals surface area contributed by atoms with Crippen LogP contribution in [0.3, 0.4) is 0 Å². The lowest BCUT2D eigenvalue weighted by molar-refractivity contribution is 0.391. The third-order valence-corrected chi connectivity index (χ3v) is 6.48. The molecule has 156 valence electrons. The van der Waals surface area contributed by atoms with Gasteiger partial charge in [0, 0.05) is 37.6 Å². The summed E-state index contributed by atoms with van der Waals surface area (Å²) < 4.78 is 0. The van der Waals surface area contributed by atoms with E-state index in [2.05, 4.69) is 59.3 Å². The Kier molecular flexibility index (Phi) is 6.19. The highest BCUT2D eigenvalue weighted by atomic mass is 32.1. The van der Waals surface area contributed by atoms with Crippen molar-refractivity contribution in [1.29, 1.82) is 5.26 Å². The van der Waals surface area contributed by atoms with Crippen LogP contribution >= 0.6 is 12.2 Å². The van der Waals surface area contributed by atoms with Crippen molar-refractivity contribution in [2.45, 2.75) is 45.4 Å². The van der Waals surface area contributed by atoms with Gasteiger partial charge in [-0.1, -0.05) is 32.0 Å². The Morgan fingerprint density at radius 3 is 2.37 bits per heavy atom. The lowest BCUT2D eigenvalue weighted by Crippen LogP contribution is -2.50. The molecule has 0 spiro atoms. The summed E-state index contributed by atoms with van der Waals surface area (Å²) >= 11 is 5.73. The van der Waals surface area contributed by atoms with Gasteiger partial charge in [-0.2, -0.15) is 5.26 Å². The standard InChI is InChI=1S/C24H29N5S/c1-17(2)22-20-11-7-6-10-19(20)21(16-25)23(26-22)27-24(30)29-14-12-28(13-15-29)18-8-4-3-5-9-18/h3-5,8-9,17H,6-7,10-15H2,1-2H3,(H,26,27,30). The normalized spacial score (nSPS) is 16.2. The van der Waals surface area contributed by atoms with Crippen molar-refractivity contribution < 1.29 is 0 Å². The summed E-state index contributed by atoms with van der Waals surface area (Å²) in [6.45, 7) is 7.90. The fraction of sp³-hybridized carbons (Fsp3) is 0.458. The van der Waals surface area contributed by atoms with Gasteiger partial charge in [0.1, 0.15) is 6.07 Å². The number of pyridine rings is 1. The van der Waals surface area contributed by atoms with Gasteiger partial charge in [0.15, 0.2) is 10.9 Å². The highest BCUT2D eigenvalue weighted by Crippen LogP contribution is 2.33. The van der Waals surface area contributed by atoms with Crippen molar-refractivity contribution in [2.24, 2.45) is 0 Å². The van der Waals surface area contributed by atoms with Crippen LogP contribution in [0.1, 0.15) is 55.0 Å². The maximum Gasteiger partial charge on any atom is 0.174 e. The minimum atomic E-state index is 0.327. The van der Waals surface area contributed by atoms with Crippen molar-refractivity contribution in [3.63, 3.8) is 0 Å². The number of anilines is 2. The Morgan fingerprint density at radius 2 is 1.73 bits per heavy atom. The quantitative estimate of drug-likeness (QED) is 0.741. The summed E-state index contributed by atoms with van der Waals surface area (Å²) in [5.41, 5.74) is 5.52. The van der Waals surface area contributed by atoms with E-state index in [0.717, 1.165) is 51.1 Å². The number of thiocarbonyl (C=S) groups is 1. The second-order valence-corrected chi connectivity index (χ2v) is 8.78. The van der Waals surface area contributed by atoms with Crippen LogP contribution in [0.25, 0.3) is 0 Å². The topological polar surface area (TPSA) is 55.2 Å². The highest BCUT2D eigenvalue weighted by Gasteiger charge is 2.25. The van der Waals surface area contributed by atoms with Gasteiger partial charge < -0.3 is 15.1 Å². The zero-order valence-corrected chi connectivity index (χ0v) is 18.6. The van der Waals surface area contributed by atoms with Crippen LogP contribution < -0.4 is 10.2 Å². The molecule has 1 saturated heterocycles. The molecular weight excluding hydrogens is 390 g/mol. The van der Waals surface area contributed by atoms with Crippen LogP contribution in [0.4, 0.5) is 11.5 Å². The average Bonchev–Trinajstić information content (AvgIpc) is 2.79. The summed E-state index contributed by atoms with van der Waals surface area (Å²) in [5, 5.41) is 13.9. The molecule has 2 aromatic rings. The molecule has 2 aliphatic rings. The van der Waals surface area contributed by atoms with E-state index in [4.69, 9.17) is 17.2 Å². The maximum atomic E-state index is 9.89. The Balaban J connectivity index is 1.51. The van der Waals surface area contributed by atoms with Crippen LogP contribution in [0.2, 0.25) is 0 Å². The molecule has 2 heterocycles. The first-order valence-corrected chi connectivity index (χ1v) is 11.3. The third-order valence-electron chi connectivity index (χ3n) is 6.12. The zero-order chi connectivity index (χ0) is 21.1. The molecule has 1 fully saturated rings. The number of piperazine rings is 1. The van der Waals surface area contributed by atoms with Gasteiger partial charge in [-0.15, -0.1) is 0 Å². The third kappa shape index (κ3) is 4.13. The fourth-order valence-corrected chi connectivity index (χ4v) is 4.81. The van der Waals surface area contributed by atoms with Crippen molar-refractivity contribution in [3.8, 4) is 6.07 Å². The van der Waals surface area contributed by atoms with Crippen molar-refractivity contribution in [2.75, 3.05) is 36.4 Å². The number of hydrogen-bond acceptors (Lipinski definition) is 4. The van der Waals surface area contributed by atoms with Crippen molar-refractivity contribution in [1.82, 2.24) is 9.88 Å². The minimum absolute atomic E-state index is 0.327. The summed E-state index contributed by atoms with van der Waals surface area (Å²) in [6.07, 6.45) is 4.29. The smallest absolute Gasteiger partial charge is 0.174 e. The van der Waals surface area contributed by atoms with E-state index >= 15 is 0 Å². The van der Waals surface area contributed by atoms with Gasteiger partial charge in [-0.25, -0.2) is 4.98 Å². The predicted octanol–water partition coefficient (Wildman–Crippen LogP) is 4.47. The molecule has 30 heavy (non-hydrogen) atoms. The molecular formula is C24H29N5S. The number of hydrogen-bond donors (Lipinski definition) is 1. The van der Waals surface area contributed by atoms with E-state index in [1.807, 2.05) is 6.07 Å². The fourth-order valence-electron chi connectivity index (χ4n) is 4.53. The summed E-state index contributed by atoms with van der Waals surface area (Å²) in [5.74, 6) is 0.963. The van der Waals surface area contributed by atoms with E-state index in [9.17, 15) is 5.26 Å².